The molecule has 0 fully saturated rings. The maximum atomic E-state index is 13.6. The second kappa shape index (κ2) is 7.87. The minimum absolute atomic E-state index is 0.0794. The van der Waals surface area contributed by atoms with Gasteiger partial charge in [-0.3, -0.25) is 4.99 Å². The molecule has 1 N–H and O–H groups in total. The summed E-state index contributed by atoms with van der Waals surface area (Å²) in [5.41, 5.74) is 2.89. The molecule has 0 bridgehead atoms. The second-order valence-corrected chi connectivity index (χ2v) is 7.59. The van der Waals surface area contributed by atoms with E-state index in [1.165, 1.54) is 6.07 Å². The number of aryl methyl sites for hydroxylation is 1. The molecule has 1 aromatic heterocycles. The van der Waals surface area contributed by atoms with Gasteiger partial charge in [0.05, 0.1) is 5.54 Å². The topological polar surface area (TPSA) is 37.3 Å². The maximum Gasteiger partial charge on any atom is 0.126 e. The van der Waals surface area contributed by atoms with E-state index in [1.807, 2.05) is 25.3 Å². The fourth-order valence-corrected chi connectivity index (χ4v) is 3.13. The van der Waals surface area contributed by atoms with Gasteiger partial charge >= 0.3 is 0 Å². The Kier molecular flexibility index (Phi) is 5.54. The summed E-state index contributed by atoms with van der Waals surface area (Å²) in [7, 11) is 0. The van der Waals surface area contributed by atoms with E-state index in [9.17, 15) is 4.39 Å². The van der Waals surface area contributed by atoms with Gasteiger partial charge in [-0.15, -0.1) is 0 Å². The number of halogens is 1. The molecule has 1 heterocycles. The van der Waals surface area contributed by atoms with Crippen LogP contribution in [0.25, 0.3) is 21.9 Å². The molecule has 0 radical (unpaired) electrons. The molecule has 0 aliphatic rings. The third-order valence-electron chi connectivity index (χ3n) is 4.93. The maximum absolute atomic E-state index is 13.6. The van der Waals surface area contributed by atoms with Gasteiger partial charge in [0.25, 0.3) is 0 Å². The van der Waals surface area contributed by atoms with Crippen molar-refractivity contribution in [2.75, 3.05) is 11.9 Å². The van der Waals surface area contributed by atoms with Gasteiger partial charge in [-0.2, -0.15) is 0 Å². The van der Waals surface area contributed by atoms with Crippen molar-refractivity contribution >= 4 is 23.3 Å². The van der Waals surface area contributed by atoms with Gasteiger partial charge in [-0.05, 0) is 86.7 Å². The van der Waals surface area contributed by atoms with E-state index >= 15 is 0 Å². The van der Waals surface area contributed by atoms with Crippen LogP contribution in [-0.4, -0.2) is 23.8 Å². The highest BCUT2D eigenvalue weighted by atomic mass is 19.1. The fourth-order valence-electron chi connectivity index (χ4n) is 3.13. The molecule has 27 heavy (non-hydrogen) atoms. The van der Waals surface area contributed by atoms with Crippen molar-refractivity contribution < 1.29 is 4.39 Å². The number of anilines is 1. The van der Waals surface area contributed by atoms with E-state index in [2.05, 4.69) is 54.1 Å². The summed E-state index contributed by atoms with van der Waals surface area (Å²) in [4.78, 5) is 8.65. The van der Waals surface area contributed by atoms with Crippen LogP contribution in [0.5, 0.6) is 0 Å². The highest BCUT2D eigenvalue weighted by Crippen LogP contribution is 2.28. The normalized spacial score (nSPS) is 11.6. The average molecular weight is 363 g/mol. The van der Waals surface area contributed by atoms with Crippen LogP contribution in [-0.2, 0) is 0 Å². The van der Waals surface area contributed by atoms with Crippen LogP contribution in [0.1, 0.15) is 32.3 Å². The van der Waals surface area contributed by atoms with Crippen molar-refractivity contribution in [3.63, 3.8) is 0 Å². The lowest BCUT2D eigenvalue weighted by molar-refractivity contribution is 0.472. The number of aromatic nitrogens is 1. The predicted octanol–water partition coefficient (Wildman–Crippen LogP) is 6.02. The summed E-state index contributed by atoms with van der Waals surface area (Å²) in [5, 5.41) is 5.52. The third-order valence-corrected chi connectivity index (χ3v) is 4.93. The Morgan fingerprint density at radius 1 is 1.11 bits per heavy atom. The van der Waals surface area contributed by atoms with Crippen molar-refractivity contribution in [3.8, 4) is 11.1 Å². The van der Waals surface area contributed by atoms with Crippen LogP contribution in [0.15, 0.2) is 53.7 Å². The Morgan fingerprint density at radius 3 is 2.70 bits per heavy atom. The van der Waals surface area contributed by atoms with Crippen LogP contribution in [0.3, 0.4) is 0 Å². The van der Waals surface area contributed by atoms with Gasteiger partial charge in [0.2, 0.25) is 0 Å². The first-order valence-corrected chi connectivity index (χ1v) is 9.26. The molecule has 3 nitrogen and oxygen atoms in total. The van der Waals surface area contributed by atoms with Crippen LogP contribution in [0, 0.1) is 12.7 Å². The highest BCUT2D eigenvalue weighted by molar-refractivity contribution is 5.88. The lowest BCUT2D eigenvalue weighted by Gasteiger charge is -2.18. The van der Waals surface area contributed by atoms with Gasteiger partial charge in [-0.25, -0.2) is 9.37 Å². The molecule has 3 aromatic rings. The molecule has 4 heteroatoms. The number of nitrogens with zero attached hydrogens (tertiary/aromatic N) is 2. The third kappa shape index (κ3) is 4.70. The Morgan fingerprint density at radius 2 is 1.93 bits per heavy atom. The first kappa shape index (κ1) is 19.0. The molecule has 2 aromatic carbocycles. The van der Waals surface area contributed by atoms with Gasteiger partial charge in [0, 0.05) is 18.1 Å². The predicted molar refractivity (Wildman–Crippen MR) is 113 cm³/mol. The number of hydrogen-bond donors (Lipinski definition) is 1. The summed E-state index contributed by atoms with van der Waals surface area (Å²) < 4.78 is 13.6. The fraction of sp³-hybridized carbons (Fsp3) is 0.304. The first-order chi connectivity index (χ1) is 12.9. The number of nitrogens with one attached hydrogen (secondary N) is 1. The monoisotopic (exact) mass is 363 g/mol. The van der Waals surface area contributed by atoms with Crippen molar-refractivity contribution in [2.45, 2.75) is 39.2 Å². The zero-order valence-electron chi connectivity index (χ0n) is 16.2. The summed E-state index contributed by atoms with van der Waals surface area (Å²) in [6, 6.07) is 13.1. The zero-order chi connectivity index (χ0) is 19.4. The zero-order valence-corrected chi connectivity index (χ0v) is 16.2. The molecule has 0 aliphatic heterocycles. The van der Waals surface area contributed by atoms with E-state index in [-0.39, 0.29) is 11.4 Å². The molecule has 0 saturated carbocycles. The van der Waals surface area contributed by atoms with Crippen LogP contribution in [0.2, 0.25) is 0 Å². The van der Waals surface area contributed by atoms with Crippen LogP contribution in [0.4, 0.5) is 10.2 Å². The number of hydrogen-bond acceptors (Lipinski definition) is 3. The van der Waals surface area contributed by atoms with E-state index in [0.29, 0.717) is 0 Å². The van der Waals surface area contributed by atoms with Crippen molar-refractivity contribution in [1.82, 2.24) is 4.98 Å². The van der Waals surface area contributed by atoms with E-state index in [1.54, 1.807) is 6.07 Å². The second-order valence-electron chi connectivity index (χ2n) is 7.59. The van der Waals surface area contributed by atoms with E-state index < -0.39 is 0 Å². The number of rotatable bonds is 7. The summed E-state index contributed by atoms with van der Waals surface area (Å²) in [6.07, 6.45) is 3.85. The number of fused-ring (bicyclic) bond motifs is 1. The number of benzene rings is 2. The van der Waals surface area contributed by atoms with Gasteiger partial charge < -0.3 is 5.32 Å². The quantitative estimate of drug-likeness (QED) is 0.412. The van der Waals surface area contributed by atoms with E-state index in [4.69, 9.17) is 0 Å². The lowest BCUT2D eigenvalue weighted by Crippen LogP contribution is -2.17. The average Bonchev–Trinajstić information content (AvgIpc) is 2.66. The van der Waals surface area contributed by atoms with Gasteiger partial charge in [0.1, 0.15) is 11.6 Å². The minimum atomic E-state index is -0.219. The summed E-state index contributed by atoms with van der Waals surface area (Å²) >= 11 is 0. The van der Waals surface area contributed by atoms with Crippen LogP contribution >= 0.6 is 0 Å². The molecule has 0 atom stereocenters. The largest absolute Gasteiger partial charge is 0.370 e. The number of pyridine rings is 1. The SMILES string of the molecule is C=NC(C)(C)CCCNc1cc2ccc(-c3cc(F)ccc3C)cc2cn1. The van der Waals surface area contributed by atoms with Gasteiger partial charge in [-0.1, -0.05) is 18.2 Å². The Balaban J connectivity index is 1.74. The Labute approximate surface area is 160 Å². The van der Waals surface area contributed by atoms with Crippen molar-refractivity contribution in [3.05, 3.63) is 60.0 Å². The van der Waals surface area contributed by atoms with Crippen molar-refractivity contribution in [1.29, 1.82) is 0 Å². The molecule has 3 rings (SSSR count). The summed E-state index contributed by atoms with van der Waals surface area (Å²) in [5.74, 6) is 0.643. The smallest absolute Gasteiger partial charge is 0.126 e. The Bertz CT molecular complexity index is 963. The minimum Gasteiger partial charge on any atom is -0.370 e. The molecular formula is C23H26FN3. The number of aliphatic imine (C=N–C) groups is 1. The highest BCUT2D eigenvalue weighted by Gasteiger charge is 2.13. The molecule has 0 amide bonds. The van der Waals surface area contributed by atoms with E-state index in [0.717, 1.165) is 52.7 Å². The molecule has 0 saturated heterocycles. The first-order valence-electron chi connectivity index (χ1n) is 9.26. The summed E-state index contributed by atoms with van der Waals surface area (Å²) in [6.45, 7) is 10.7. The molecule has 0 aliphatic carbocycles. The lowest BCUT2D eigenvalue weighted by atomic mass is 9.98. The van der Waals surface area contributed by atoms with Crippen LogP contribution < -0.4 is 5.32 Å². The van der Waals surface area contributed by atoms with Crippen molar-refractivity contribution in [2.24, 2.45) is 4.99 Å². The van der Waals surface area contributed by atoms with Gasteiger partial charge in [0.15, 0.2) is 0 Å². The molecule has 0 spiro atoms. The Hall–Kier alpha value is -2.75. The molecular weight excluding hydrogens is 337 g/mol. The molecule has 0 unspecified atom stereocenters. The standard InChI is InChI=1S/C23H26FN3/c1-16-6-9-20(24)14-21(16)18-8-7-17-13-22(27-15-19(17)12-18)26-11-5-10-23(2,3)25-4/h6-9,12-15H,4-5,10-11H2,1-3H3,(H,26,27). The molecule has 140 valence electrons.